The van der Waals surface area contributed by atoms with Gasteiger partial charge in [-0.05, 0) is 24.3 Å². The number of sulfonamides is 1. The number of thiophene rings is 1. The smallest absolute Gasteiger partial charge is 0.347 e. The molecular formula is C12H19NO4S2. The van der Waals surface area contributed by atoms with Gasteiger partial charge < -0.3 is 5.11 Å². The van der Waals surface area contributed by atoms with Crippen molar-refractivity contribution in [1.82, 2.24) is 4.72 Å². The Morgan fingerprint density at radius 3 is 2.47 bits per heavy atom. The molecule has 0 saturated carbocycles. The summed E-state index contributed by atoms with van der Waals surface area (Å²) in [6, 6.07) is 1.11. The van der Waals surface area contributed by atoms with E-state index in [1.54, 1.807) is 0 Å². The molecule has 1 heterocycles. The molecule has 0 aliphatic rings. The average molecular weight is 305 g/mol. The predicted molar refractivity (Wildman–Crippen MR) is 75.1 cm³/mol. The van der Waals surface area contributed by atoms with E-state index in [4.69, 9.17) is 5.11 Å². The Labute approximate surface area is 117 Å². The van der Waals surface area contributed by atoms with Crippen molar-refractivity contribution < 1.29 is 18.3 Å². The third kappa shape index (κ3) is 3.77. The summed E-state index contributed by atoms with van der Waals surface area (Å²) >= 11 is 0.913. The van der Waals surface area contributed by atoms with Crippen LogP contribution in [0.15, 0.2) is 16.3 Å². The fourth-order valence-electron chi connectivity index (χ4n) is 2.07. The molecular weight excluding hydrogens is 286 g/mol. The van der Waals surface area contributed by atoms with E-state index in [2.05, 4.69) is 4.72 Å². The Hall–Kier alpha value is -0.920. The van der Waals surface area contributed by atoms with Crippen LogP contribution in [0.3, 0.4) is 0 Å². The lowest BCUT2D eigenvalue weighted by atomic mass is 9.96. The van der Waals surface area contributed by atoms with Crippen molar-refractivity contribution in [2.75, 3.05) is 0 Å². The number of hydrogen-bond donors (Lipinski definition) is 2. The number of rotatable bonds is 7. The monoisotopic (exact) mass is 305 g/mol. The second kappa shape index (κ2) is 6.49. The highest BCUT2D eigenvalue weighted by Crippen LogP contribution is 2.23. The summed E-state index contributed by atoms with van der Waals surface area (Å²) < 4.78 is 27.0. The Balaban J connectivity index is 2.99. The van der Waals surface area contributed by atoms with Gasteiger partial charge in [0.05, 0.1) is 0 Å². The average Bonchev–Trinajstić information content (AvgIpc) is 2.79. The summed E-state index contributed by atoms with van der Waals surface area (Å²) in [5, 5.41) is 10.4. The van der Waals surface area contributed by atoms with Gasteiger partial charge in [0, 0.05) is 6.04 Å². The molecule has 1 aromatic heterocycles. The quantitative estimate of drug-likeness (QED) is 0.811. The van der Waals surface area contributed by atoms with Crippen LogP contribution in [0.2, 0.25) is 0 Å². The molecule has 0 aromatic carbocycles. The van der Waals surface area contributed by atoms with Crippen LogP contribution < -0.4 is 4.72 Å². The Morgan fingerprint density at radius 1 is 1.42 bits per heavy atom. The van der Waals surface area contributed by atoms with Crippen molar-refractivity contribution in [1.29, 1.82) is 0 Å². The lowest BCUT2D eigenvalue weighted by molar-refractivity contribution is 0.0698. The third-order valence-electron chi connectivity index (χ3n) is 3.21. The van der Waals surface area contributed by atoms with Gasteiger partial charge in [0.2, 0.25) is 10.0 Å². The highest BCUT2D eigenvalue weighted by molar-refractivity contribution is 7.89. The standard InChI is InChI=1S/C12H19NO4S2/c1-4-9(5-2)8(3)13-19(16,17)10-6-7-18-11(10)12(14)15/h6-9,13H,4-5H2,1-3H3,(H,14,15). The fraction of sp³-hybridized carbons (Fsp3) is 0.583. The molecule has 0 saturated heterocycles. The summed E-state index contributed by atoms with van der Waals surface area (Å²) in [5.74, 6) is -0.979. The van der Waals surface area contributed by atoms with Crippen molar-refractivity contribution in [2.24, 2.45) is 5.92 Å². The zero-order valence-corrected chi connectivity index (χ0v) is 12.8. The van der Waals surface area contributed by atoms with E-state index in [0.717, 1.165) is 24.2 Å². The molecule has 1 unspecified atom stereocenters. The van der Waals surface area contributed by atoms with E-state index >= 15 is 0 Å². The number of nitrogens with one attached hydrogen (secondary N) is 1. The zero-order valence-electron chi connectivity index (χ0n) is 11.2. The molecule has 1 rings (SSSR count). The molecule has 0 radical (unpaired) electrons. The number of carboxylic acids is 1. The Bertz CT molecular complexity index is 532. The zero-order chi connectivity index (χ0) is 14.6. The molecule has 0 bridgehead atoms. The minimum Gasteiger partial charge on any atom is -0.477 e. The number of carboxylic acid groups (broad SMARTS) is 1. The molecule has 108 valence electrons. The van der Waals surface area contributed by atoms with Crippen molar-refractivity contribution in [2.45, 2.75) is 44.6 Å². The van der Waals surface area contributed by atoms with E-state index < -0.39 is 16.0 Å². The highest BCUT2D eigenvalue weighted by Gasteiger charge is 2.27. The summed E-state index contributed by atoms with van der Waals surface area (Å²) in [6.45, 7) is 5.82. The maximum absolute atomic E-state index is 12.2. The maximum atomic E-state index is 12.2. The Kier molecular flexibility index (Phi) is 5.51. The summed E-state index contributed by atoms with van der Waals surface area (Å²) in [4.78, 5) is 10.7. The fourth-order valence-corrected chi connectivity index (χ4v) is 4.64. The molecule has 19 heavy (non-hydrogen) atoms. The van der Waals surface area contributed by atoms with Gasteiger partial charge in [-0.15, -0.1) is 11.3 Å². The van der Waals surface area contributed by atoms with Crippen LogP contribution in [-0.2, 0) is 10.0 Å². The van der Waals surface area contributed by atoms with E-state index in [-0.39, 0.29) is 21.7 Å². The van der Waals surface area contributed by atoms with Gasteiger partial charge in [-0.25, -0.2) is 17.9 Å². The van der Waals surface area contributed by atoms with Crippen LogP contribution in [0.25, 0.3) is 0 Å². The van der Waals surface area contributed by atoms with Gasteiger partial charge in [0.25, 0.3) is 0 Å². The molecule has 0 aliphatic heterocycles. The lowest BCUT2D eigenvalue weighted by Crippen LogP contribution is -2.38. The minimum absolute atomic E-state index is 0.149. The van der Waals surface area contributed by atoms with Gasteiger partial charge in [0.1, 0.15) is 9.77 Å². The lowest BCUT2D eigenvalue weighted by Gasteiger charge is -2.22. The first-order valence-electron chi connectivity index (χ1n) is 6.16. The second-order valence-corrected chi connectivity index (χ2v) is 7.00. The van der Waals surface area contributed by atoms with Crippen LogP contribution >= 0.6 is 11.3 Å². The molecule has 0 amide bonds. The summed E-state index contributed by atoms with van der Waals surface area (Å²) in [5.41, 5.74) is 0. The van der Waals surface area contributed by atoms with E-state index in [1.807, 2.05) is 20.8 Å². The van der Waals surface area contributed by atoms with Gasteiger partial charge in [-0.1, -0.05) is 26.7 Å². The van der Waals surface area contributed by atoms with Gasteiger partial charge in [-0.3, -0.25) is 0 Å². The topological polar surface area (TPSA) is 83.5 Å². The van der Waals surface area contributed by atoms with Crippen LogP contribution in [0.5, 0.6) is 0 Å². The third-order valence-corrected chi connectivity index (χ3v) is 5.84. The second-order valence-electron chi connectivity index (χ2n) is 4.41. The molecule has 0 spiro atoms. The van der Waals surface area contributed by atoms with Crippen LogP contribution in [0.4, 0.5) is 0 Å². The van der Waals surface area contributed by atoms with Gasteiger partial charge in [0.15, 0.2) is 0 Å². The normalized spacial score (nSPS) is 13.7. The largest absolute Gasteiger partial charge is 0.477 e. The molecule has 0 fully saturated rings. The first-order valence-corrected chi connectivity index (χ1v) is 8.52. The van der Waals surface area contributed by atoms with E-state index in [1.165, 1.54) is 11.4 Å². The SMILES string of the molecule is CCC(CC)C(C)NS(=O)(=O)c1ccsc1C(=O)O. The first kappa shape index (κ1) is 16.1. The molecule has 1 atom stereocenters. The molecule has 0 aliphatic carbocycles. The predicted octanol–water partition coefficient (Wildman–Crippen LogP) is 2.55. The number of aromatic carboxylic acids is 1. The number of carbonyl (C=O) groups is 1. The summed E-state index contributed by atoms with van der Waals surface area (Å²) in [7, 11) is -3.78. The molecule has 7 heteroatoms. The summed E-state index contributed by atoms with van der Waals surface area (Å²) in [6.07, 6.45) is 1.74. The molecule has 1 aromatic rings. The first-order chi connectivity index (χ1) is 8.83. The van der Waals surface area contributed by atoms with Crippen molar-refractivity contribution in [3.05, 3.63) is 16.3 Å². The maximum Gasteiger partial charge on any atom is 0.347 e. The Morgan fingerprint density at radius 2 is 2.00 bits per heavy atom. The number of hydrogen-bond acceptors (Lipinski definition) is 4. The highest BCUT2D eigenvalue weighted by atomic mass is 32.2. The van der Waals surface area contributed by atoms with E-state index in [0.29, 0.717) is 0 Å². The van der Waals surface area contributed by atoms with Crippen LogP contribution in [-0.4, -0.2) is 25.5 Å². The van der Waals surface area contributed by atoms with Gasteiger partial charge >= 0.3 is 5.97 Å². The molecule has 5 nitrogen and oxygen atoms in total. The minimum atomic E-state index is -3.78. The molecule has 2 N–H and O–H groups in total. The van der Waals surface area contributed by atoms with Crippen molar-refractivity contribution >= 4 is 27.3 Å². The van der Waals surface area contributed by atoms with Gasteiger partial charge in [-0.2, -0.15) is 0 Å². The van der Waals surface area contributed by atoms with E-state index in [9.17, 15) is 13.2 Å². The van der Waals surface area contributed by atoms with Crippen molar-refractivity contribution in [3.63, 3.8) is 0 Å². The van der Waals surface area contributed by atoms with Crippen LogP contribution in [0, 0.1) is 5.92 Å². The van der Waals surface area contributed by atoms with Crippen molar-refractivity contribution in [3.8, 4) is 0 Å². The van der Waals surface area contributed by atoms with Crippen LogP contribution in [0.1, 0.15) is 43.3 Å².